The number of nitriles is 1. The molecule has 2 aromatic carbocycles. The number of piperidine rings is 1. The highest BCUT2D eigenvalue weighted by atomic mass is 19.2. The molecule has 37 heavy (non-hydrogen) atoms. The average Bonchev–Trinajstić information content (AvgIpc) is 3.14. The maximum absolute atomic E-state index is 13.5. The van der Waals surface area contributed by atoms with E-state index in [0.29, 0.717) is 30.9 Å². The van der Waals surface area contributed by atoms with Crippen LogP contribution >= 0.6 is 0 Å². The van der Waals surface area contributed by atoms with E-state index in [1.807, 2.05) is 6.07 Å². The molecule has 1 aliphatic carbocycles. The number of anilines is 1. The lowest BCUT2D eigenvalue weighted by Crippen LogP contribution is -2.56. The second-order valence-electron chi connectivity index (χ2n) is 9.66. The molecule has 2 aromatic rings. The van der Waals surface area contributed by atoms with Crippen LogP contribution in [0.4, 0.5) is 24.1 Å². The fourth-order valence-corrected chi connectivity index (χ4v) is 5.46. The van der Waals surface area contributed by atoms with Crippen LogP contribution in [0.2, 0.25) is 0 Å². The van der Waals surface area contributed by atoms with Gasteiger partial charge in [-0.25, -0.2) is 18.4 Å². The van der Waals surface area contributed by atoms with E-state index in [9.17, 15) is 23.5 Å². The minimum Gasteiger partial charge on any atom is -0.463 e. The van der Waals surface area contributed by atoms with Crippen molar-refractivity contribution in [2.45, 2.75) is 31.8 Å². The number of carbonyl (C=O) groups excluding carboxylic acids is 1. The van der Waals surface area contributed by atoms with Gasteiger partial charge in [0.05, 0.1) is 17.7 Å². The van der Waals surface area contributed by atoms with Gasteiger partial charge in [-0.05, 0) is 68.0 Å². The molecular weight excluding hydrogens is 484 g/mol. The number of hydrogen-bond donors (Lipinski definition) is 2. The van der Waals surface area contributed by atoms with E-state index >= 15 is 0 Å². The summed E-state index contributed by atoms with van der Waals surface area (Å²) in [7, 11) is 1.71. The van der Waals surface area contributed by atoms with E-state index in [4.69, 9.17) is 10.1 Å². The van der Waals surface area contributed by atoms with Gasteiger partial charge in [-0.2, -0.15) is 5.26 Å². The van der Waals surface area contributed by atoms with Gasteiger partial charge in [0, 0.05) is 44.5 Å². The minimum absolute atomic E-state index is 0.0117. The van der Waals surface area contributed by atoms with Gasteiger partial charge in [-0.1, -0.05) is 0 Å². The highest BCUT2D eigenvalue weighted by Gasteiger charge is 2.45. The molecule has 1 saturated heterocycles. The molecule has 196 valence electrons. The number of fused-ring (bicyclic) bond motifs is 2. The van der Waals surface area contributed by atoms with Gasteiger partial charge in [0.1, 0.15) is 0 Å². The number of nitrogens with zero attached hydrogens (tertiary/aromatic N) is 4. The van der Waals surface area contributed by atoms with Crippen LogP contribution in [0.3, 0.4) is 0 Å². The molecule has 2 N–H and O–H groups in total. The molecule has 2 fully saturated rings. The van der Waals surface area contributed by atoms with Crippen molar-refractivity contribution in [2.75, 3.05) is 32.0 Å². The van der Waals surface area contributed by atoms with Crippen LogP contribution in [0.1, 0.15) is 25.3 Å². The summed E-state index contributed by atoms with van der Waals surface area (Å²) in [5, 5.41) is 22.2. The smallest absolute Gasteiger partial charge is 0.441 e. The number of likely N-dealkylation sites (tertiary alicyclic amines) is 1. The Balaban J connectivity index is 1.35. The molecule has 9 nitrogen and oxygen atoms in total. The molecule has 1 heterocycles. The second kappa shape index (κ2) is 11.0. The maximum atomic E-state index is 13.5. The monoisotopic (exact) mass is 513 g/mol. The molecule has 3 amide bonds. The fraction of sp³-hybridized carbons (Fsp3) is 0.423. The van der Waals surface area contributed by atoms with Crippen molar-refractivity contribution in [1.29, 1.82) is 5.26 Å². The molecule has 1 saturated carbocycles. The Labute approximate surface area is 213 Å². The molecule has 4 rings (SSSR count). The molecule has 3 atom stereocenters. The number of hydrogen-bond acceptors (Lipinski definition) is 5. The topological polar surface area (TPSA) is 109 Å². The number of amides is 3. The minimum atomic E-state index is -1.22. The largest absolute Gasteiger partial charge is 0.463 e. The van der Waals surface area contributed by atoms with Gasteiger partial charge >= 0.3 is 12.1 Å². The van der Waals surface area contributed by atoms with E-state index in [2.05, 4.69) is 10.2 Å². The Kier molecular flexibility index (Phi) is 7.78. The quantitative estimate of drug-likeness (QED) is 0.532. The summed E-state index contributed by atoms with van der Waals surface area (Å²) in [5.41, 5.74) is 0.634. The van der Waals surface area contributed by atoms with Crippen molar-refractivity contribution in [1.82, 2.24) is 14.9 Å². The molecule has 0 spiro atoms. The molecule has 1 aliphatic heterocycles. The van der Waals surface area contributed by atoms with Gasteiger partial charge in [-0.15, -0.1) is 5.06 Å². The SMILES string of the molecule is CC(CN1CC2CCC(C1)C2N(C)C(=O)Nc1ccc(F)c(F)c1)N(Oc1ccc(C#N)cc1)C(=O)O. The Bertz CT molecular complexity index is 1170. The molecule has 2 bridgehead atoms. The van der Waals surface area contributed by atoms with E-state index in [-0.39, 0.29) is 29.6 Å². The zero-order valence-corrected chi connectivity index (χ0v) is 20.6. The number of hydroxylamine groups is 2. The van der Waals surface area contributed by atoms with E-state index in [0.717, 1.165) is 30.0 Å². The molecule has 0 aromatic heterocycles. The first-order valence-electron chi connectivity index (χ1n) is 12.1. The number of carbonyl (C=O) groups is 2. The van der Waals surface area contributed by atoms with Gasteiger partial charge in [-0.3, -0.25) is 0 Å². The van der Waals surface area contributed by atoms with Crippen LogP contribution < -0.4 is 10.2 Å². The number of rotatable bonds is 7. The zero-order valence-electron chi connectivity index (χ0n) is 20.6. The third-order valence-corrected chi connectivity index (χ3v) is 7.10. The predicted molar refractivity (Wildman–Crippen MR) is 131 cm³/mol. The molecule has 2 aliphatic rings. The van der Waals surface area contributed by atoms with Crippen molar-refractivity contribution in [3.05, 3.63) is 59.7 Å². The van der Waals surface area contributed by atoms with Gasteiger partial charge < -0.3 is 25.1 Å². The molecule has 3 unspecified atom stereocenters. The van der Waals surface area contributed by atoms with Crippen LogP contribution in [-0.2, 0) is 0 Å². The van der Waals surface area contributed by atoms with Crippen LogP contribution in [-0.4, -0.2) is 70.9 Å². The summed E-state index contributed by atoms with van der Waals surface area (Å²) >= 11 is 0. The Morgan fingerprint density at radius 2 is 1.81 bits per heavy atom. The van der Waals surface area contributed by atoms with Crippen molar-refractivity contribution < 1.29 is 28.3 Å². The first kappa shape index (κ1) is 26.2. The van der Waals surface area contributed by atoms with Crippen LogP contribution in [0.25, 0.3) is 0 Å². The van der Waals surface area contributed by atoms with Gasteiger partial charge in [0.2, 0.25) is 0 Å². The van der Waals surface area contributed by atoms with Gasteiger partial charge in [0.15, 0.2) is 17.4 Å². The van der Waals surface area contributed by atoms with Crippen molar-refractivity contribution in [2.24, 2.45) is 11.8 Å². The number of benzene rings is 2. The lowest BCUT2D eigenvalue weighted by molar-refractivity contribution is -0.0746. The first-order valence-corrected chi connectivity index (χ1v) is 12.1. The normalized spacial score (nSPS) is 21.5. The number of halogens is 2. The Morgan fingerprint density at radius 3 is 2.38 bits per heavy atom. The van der Waals surface area contributed by atoms with Crippen LogP contribution in [0, 0.1) is 34.8 Å². The highest BCUT2D eigenvalue weighted by molar-refractivity contribution is 5.89. The Morgan fingerprint density at radius 1 is 1.16 bits per heavy atom. The predicted octanol–water partition coefficient (Wildman–Crippen LogP) is 4.37. The Hall–Kier alpha value is -3.91. The number of nitrogens with one attached hydrogen (secondary N) is 1. The third-order valence-electron chi connectivity index (χ3n) is 7.10. The van der Waals surface area contributed by atoms with E-state index in [1.54, 1.807) is 43.1 Å². The zero-order chi connectivity index (χ0) is 26.7. The first-order chi connectivity index (χ1) is 17.7. The summed E-state index contributed by atoms with van der Waals surface area (Å²) < 4.78 is 26.7. The van der Waals surface area contributed by atoms with Crippen molar-refractivity contribution in [3.8, 4) is 11.8 Å². The lowest BCUT2D eigenvalue weighted by atomic mass is 9.91. The van der Waals surface area contributed by atoms with Crippen molar-refractivity contribution in [3.63, 3.8) is 0 Å². The van der Waals surface area contributed by atoms with E-state index in [1.165, 1.54) is 6.07 Å². The number of carboxylic acid groups (broad SMARTS) is 1. The third kappa shape index (κ3) is 5.91. The summed E-state index contributed by atoms with van der Waals surface area (Å²) in [6.45, 7) is 3.61. The maximum Gasteiger partial charge on any atom is 0.441 e. The van der Waals surface area contributed by atoms with Crippen molar-refractivity contribution >= 4 is 17.8 Å². The average molecular weight is 514 g/mol. The van der Waals surface area contributed by atoms with Crippen LogP contribution in [0.5, 0.6) is 5.75 Å². The molecule has 11 heteroatoms. The summed E-state index contributed by atoms with van der Waals surface area (Å²) in [4.78, 5) is 34.2. The van der Waals surface area contributed by atoms with E-state index < -0.39 is 23.8 Å². The summed E-state index contributed by atoms with van der Waals surface area (Å²) in [6.07, 6.45) is 0.657. The summed E-state index contributed by atoms with van der Waals surface area (Å²) in [5.74, 6) is -1.29. The highest BCUT2D eigenvalue weighted by Crippen LogP contribution is 2.40. The molecule has 0 radical (unpaired) electrons. The molecular formula is C26H29F2N5O4. The summed E-state index contributed by atoms with van der Waals surface area (Å²) in [6, 6.07) is 10.6. The second-order valence-corrected chi connectivity index (χ2v) is 9.66. The standard InChI is InChI=1S/C26H29F2N5O4/c1-16(33(26(35)36)37-21-8-3-17(12-29)4-9-21)13-32-14-18-5-6-19(15-32)24(18)31(2)25(34)30-20-7-10-22(27)23(28)11-20/h3-4,7-11,16,18-19,24H,5-6,13-15H2,1-2H3,(H,30,34)(H,35,36). The fourth-order valence-electron chi connectivity index (χ4n) is 5.46. The van der Waals surface area contributed by atoms with Crippen LogP contribution in [0.15, 0.2) is 42.5 Å². The number of urea groups is 1. The van der Waals surface area contributed by atoms with Gasteiger partial charge in [0.25, 0.3) is 0 Å². The lowest BCUT2D eigenvalue weighted by Gasteiger charge is -2.43.